The third kappa shape index (κ3) is 8.19. The molecule has 1 saturated carbocycles. The second kappa shape index (κ2) is 13.3. The van der Waals surface area contributed by atoms with Gasteiger partial charge in [-0.05, 0) is 73.6 Å². The Morgan fingerprint density at radius 3 is 2.12 bits per heavy atom. The monoisotopic (exact) mass is 575 g/mol. The first-order valence-corrected chi connectivity index (χ1v) is 16.1. The van der Waals surface area contributed by atoms with E-state index in [1.165, 1.54) is 0 Å². The molecule has 1 N–H and O–H groups in total. The summed E-state index contributed by atoms with van der Waals surface area (Å²) in [6.45, 7) is 5.54. The maximum absolute atomic E-state index is 14.3. The van der Waals surface area contributed by atoms with Gasteiger partial charge < -0.3 is 10.2 Å². The summed E-state index contributed by atoms with van der Waals surface area (Å²) in [7, 11) is -3.80. The van der Waals surface area contributed by atoms with Gasteiger partial charge in [0.25, 0.3) is 0 Å². The molecule has 1 atom stereocenters. The van der Waals surface area contributed by atoms with Gasteiger partial charge in [0.1, 0.15) is 12.6 Å². The topological polar surface area (TPSA) is 86.8 Å². The molecule has 41 heavy (non-hydrogen) atoms. The summed E-state index contributed by atoms with van der Waals surface area (Å²) in [5.74, 6) is -0.639. The summed E-state index contributed by atoms with van der Waals surface area (Å²) in [6, 6.07) is 22.2. The van der Waals surface area contributed by atoms with Gasteiger partial charge >= 0.3 is 0 Å². The van der Waals surface area contributed by atoms with Crippen molar-refractivity contribution in [3.05, 3.63) is 101 Å². The summed E-state index contributed by atoms with van der Waals surface area (Å²) >= 11 is 0. The predicted molar refractivity (Wildman–Crippen MR) is 164 cm³/mol. The van der Waals surface area contributed by atoms with Crippen molar-refractivity contribution < 1.29 is 18.0 Å². The quantitative estimate of drug-likeness (QED) is 0.346. The fraction of sp³-hybridized carbons (Fsp3) is 0.394. The van der Waals surface area contributed by atoms with Crippen LogP contribution in [0.3, 0.4) is 0 Å². The van der Waals surface area contributed by atoms with Crippen LogP contribution in [-0.4, -0.2) is 50.0 Å². The minimum atomic E-state index is -3.80. The van der Waals surface area contributed by atoms with E-state index in [-0.39, 0.29) is 18.5 Å². The molecule has 7 nitrogen and oxygen atoms in total. The SMILES string of the molecule is Cc1cc(C)cc(N(CC(=O)N(Cc2ccccc2C)C(Cc2ccccc2)C(=O)NC2CCCC2)S(C)(=O)=O)c1. The van der Waals surface area contributed by atoms with E-state index >= 15 is 0 Å². The fourth-order valence-electron chi connectivity index (χ4n) is 5.60. The van der Waals surface area contributed by atoms with Crippen molar-refractivity contribution in [3.8, 4) is 0 Å². The second-order valence-electron chi connectivity index (χ2n) is 11.3. The normalized spacial score (nSPS) is 14.4. The zero-order valence-corrected chi connectivity index (χ0v) is 25.3. The summed E-state index contributed by atoms with van der Waals surface area (Å²) in [4.78, 5) is 29.8. The third-order valence-electron chi connectivity index (χ3n) is 7.75. The molecule has 1 fully saturated rings. The van der Waals surface area contributed by atoms with Crippen molar-refractivity contribution in [2.75, 3.05) is 17.1 Å². The highest BCUT2D eigenvalue weighted by molar-refractivity contribution is 7.92. The van der Waals surface area contributed by atoms with E-state index in [9.17, 15) is 18.0 Å². The van der Waals surface area contributed by atoms with E-state index in [2.05, 4.69) is 5.32 Å². The number of hydrogen-bond donors (Lipinski definition) is 1. The van der Waals surface area contributed by atoms with Gasteiger partial charge in [-0.1, -0.05) is 73.5 Å². The number of carbonyl (C=O) groups excluding carboxylic acids is 2. The highest BCUT2D eigenvalue weighted by Gasteiger charge is 2.34. The molecule has 0 saturated heterocycles. The first-order valence-electron chi connectivity index (χ1n) is 14.3. The van der Waals surface area contributed by atoms with E-state index < -0.39 is 28.5 Å². The van der Waals surface area contributed by atoms with Crippen molar-refractivity contribution in [2.24, 2.45) is 0 Å². The summed E-state index contributed by atoms with van der Waals surface area (Å²) < 4.78 is 27.2. The zero-order chi connectivity index (χ0) is 29.6. The fourth-order valence-corrected chi connectivity index (χ4v) is 6.43. The lowest BCUT2D eigenvalue weighted by molar-refractivity contribution is -0.140. The summed E-state index contributed by atoms with van der Waals surface area (Å²) in [6.07, 6.45) is 5.41. The number of carbonyl (C=O) groups is 2. The zero-order valence-electron chi connectivity index (χ0n) is 24.5. The Balaban J connectivity index is 1.75. The van der Waals surface area contributed by atoms with Crippen molar-refractivity contribution >= 4 is 27.5 Å². The number of amides is 2. The molecule has 1 aliphatic carbocycles. The molecule has 0 spiro atoms. The van der Waals surface area contributed by atoms with Gasteiger partial charge in [0.05, 0.1) is 11.9 Å². The lowest BCUT2D eigenvalue weighted by atomic mass is 10.0. The maximum atomic E-state index is 14.3. The number of benzene rings is 3. The van der Waals surface area contributed by atoms with E-state index in [1.54, 1.807) is 17.0 Å². The number of aryl methyl sites for hydroxylation is 3. The van der Waals surface area contributed by atoms with Crippen LogP contribution in [0.1, 0.15) is 53.5 Å². The molecule has 0 aliphatic heterocycles. The van der Waals surface area contributed by atoms with Crippen LogP contribution >= 0.6 is 0 Å². The average Bonchev–Trinajstić information content (AvgIpc) is 3.42. The Morgan fingerprint density at radius 1 is 0.902 bits per heavy atom. The smallest absolute Gasteiger partial charge is 0.244 e. The minimum absolute atomic E-state index is 0.0824. The van der Waals surface area contributed by atoms with Crippen LogP contribution < -0.4 is 9.62 Å². The van der Waals surface area contributed by atoms with Gasteiger partial charge in [0, 0.05) is 19.0 Å². The van der Waals surface area contributed by atoms with Crippen LogP contribution in [0.5, 0.6) is 0 Å². The van der Waals surface area contributed by atoms with E-state index in [0.29, 0.717) is 12.1 Å². The van der Waals surface area contributed by atoms with E-state index in [0.717, 1.165) is 64.1 Å². The Bertz CT molecular complexity index is 1450. The van der Waals surface area contributed by atoms with Gasteiger partial charge in [-0.2, -0.15) is 0 Å². The second-order valence-corrected chi connectivity index (χ2v) is 13.2. The molecule has 1 aliphatic rings. The lowest BCUT2D eigenvalue weighted by Gasteiger charge is -2.34. The number of rotatable bonds is 11. The van der Waals surface area contributed by atoms with Crippen molar-refractivity contribution in [1.29, 1.82) is 0 Å². The number of hydrogen-bond acceptors (Lipinski definition) is 4. The molecule has 3 aromatic carbocycles. The lowest BCUT2D eigenvalue weighted by Crippen LogP contribution is -2.54. The van der Waals surface area contributed by atoms with Crippen molar-refractivity contribution in [2.45, 2.75) is 71.5 Å². The highest BCUT2D eigenvalue weighted by atomic mass is 32.2. The van der Waals surface area contributed by atoms with Crippen LogP contribution in [-0.2, 0) is 32.6 Å². The Labute approximate surface area is 244 Å². The molecule has 218 valence electrons. The summed E-state index contributed by atoms with van der Waals surface area (Å²) in [5, 5.41) is 3.20. The largest absolute Gasteiger partial charge is 0.352 e. The van der Waals surface area contributed by atoms with E-state index in [4.69, 9.17) is 0 Å². The number of nitrogens with one attached hydrogen (secondary N) is 1. The van der Waals surface area contributed by atoms with Crippen molar-refractivity contribution in [1.82, 2.24) is 10.2 Å². The van der Waals surface area contributed by atoms with Crippen LogP contribution in [0, 0.1) is 20.8 Å². The van der Waals surface area contributed by atoms with Gasteiger partial charge in [0.2, 0.25) is 21.8 Å². The molecular formula is C33H41N3O4S. The molecule has 2 amide bonds. The number of nitrogens with zero attached hydrogens (tertiary/aromatic N) is 2. The molecule has 0 radical (unpaired) electrons. The predicted octanol–water partition coefficient (Wildman–Crippen LogP) is 5.08. The minimum Gasteiger partial charge on any atom is -0.352 e. The Kier molecular flexibility index (Phi) is 9.86. The van der Waals surface area contributed by atoms with Crippen LogP contribution in [0.25, 0.3) is 0 Å². The third-order valence-corrected chi connectivity index (χ3v) is 8.89. The molecule has 3 aromatic rings. The van der Waals surface area contributed by atoms with Gasteiger partial charge in [0.15, 0.2) is 0 Å². The number of anilines is 1. The highest BCUT2D eigenvalue weighted by Crippen LogP contribution is 2.24. The molecule has 8 heteroatoms. The molecule has 0 bridgehead atoms. The molecule has 4 rings (SSSR count). The first-order chi connectivity index (χ1) is 19.5. The standard InChI is InChI=1S/C33H41N3O4S/c1-24-18-25(2)20-30(19-24)36(41(4,39)40)23-32(37)35(22-28-15-9-8-12-26(28)3)31(21-27-13-6-5-7-14-27)33(38)34-29-16-10-11-17-29/h5-9,12-15,18-20,29,31H,10-11,16-17,21-23H2,1-4H3,(H,34,38). The van der Waals surface area contributed by atoms with Gasteiger partial charge in [-0.15, -0.1) is 0 Å². The summed E-state index contributed by atoms with van der Waals surface area (Å²) in [5.41, 5.74) is 5.06. The Hall–Kier alpha value is -3.65. The van der Waals surface area contributed by atoms with E-state index in [1.807, 2.05) is 81.4 Å². The molecule has 0 aromatic heterocycles. The molecule has 1 unspecified atom stereocenters. The van der Waals surface area contributed by atoms with Crippen LogP contribution in [0.2, 0.25) is 0 Å². The van der Waals surface area contributed by atoms with Crippen LogP contribution in [0.15, 0.2) is 72.8 Å². The molecule has 0 heterocycles. The van der Waals surface area contributed by atoms with Crippen molar-refractivity contribution in [3.63, 3.8) is 0 Å². The average molecular weight is 576 g/mol. The Morgan fingerprint density at radius 2 is 1.51 bits per heavy atom. The molecular weight excluding hydrogens is 534 g/mol. The van der Waals surface area contributed by atoms with Gasteiger partial charge in [-0.3, -0.25) is 13.9 Å². The van der Waals surface area contributed by atoms with Gasteiger partial charge in [-0.25, -0.2) is 8.42 Å². The first kappa shape index (κ1) is 30.3. The van der Waals surface area contributed by atoms with Crippen LogP contribution in [0.4, 0.5) is 5.69 Å². The maximum Gasteiger partial charge on any atom is 0.244 e. The number of sulfonamides is 1.